The maximum Gasteiger partial charge on any atom is 0.0753 e. The van der Waals surface area contributed by atoms with E-state index >= 15 is 0 Å². The monoisotopic (exact) mass is 240 g/mol. The lowest BCUT2D eigenvalue weighted by molar-refractivity contribution is 0.754. The first kappa shape index (κ1) is 12.8. The van der Waals surface area contributed by atoms with Crippen LogP contribution in [-0.2, 0) is 0 Å². The summed E-state index contributed by atoms with van der Waals surface area (Å²) in [5, 5.41) is 1.95. The zero-order chi connectivity index (χ0) is 11.3. The molecule has 0 aliphatic heterocycles. The first-order valence-corrected chi connectivity index (χ1v) is 7.79. The largest absolute Gasteiger partial charge is 0.127 e. The summed E-state index contributed by atoms with van der Waals surface area (Å²) in [6.07, 6.45) is 3.72. The maximum absolute atomic E-state index is 6.36. The molecule has 15 heavy (non-hydrogen) atoms. The first-order valence-electron chi connectivity index (χ1n) is 5.83. The second-order valence-electron chi connectivity index (χ2n) is 4.44. The van der Waals surface area contributed by atoms with Gasteiger partial charge in [-0.2, -0.15) is 0 Å². The minimum absolute atomic E-state index is 0.285. The number of unbranched alkanes of at least 4 members (excludes halogenated alkanes) is 1. The van der Waals surface area contributed by atoms with Crippen LogP contribution in [0.2, 0.25) is 0 Å². The van der Waals surface area contributed by atoms with E-state index in [4.69, 9.17) is 11.6 Å². The van der Waals surface area contributed by atoms with Crippen LogP contribution in [-0.4, -0.2) is 14.5 Å². The SMILES string of the molecule is CCCCC(Cl)[SiH2]c1cc(C)cc(C)c1. The average Bonchev–Trinajstić information content (AvgIpc) is 2.13. The molecule has 1 aromatic rings. The highest BCUT2D eigenvalue weighted by molar-refractivity contribution is 6.64. The molecule has 2 heteroatoms. The van der Waals surface area contributed by atoms with Crippen molar-refractivity contribution in [1.29, 1.82) is 0 Å². The lowest BCUT2D eigenvalue weighted by Gasteiger charge is -2.09. The number of hydrogen-bond acceptors (Lipinski definition) is 0. The van der Waals surface area contributed by atoms with Crippen LogP contribution in [0, 0.1) is 13.8 Å². The van der Waals surface area contributed by atoms with Crippen LogP contribution in [0.15, 0.2) is 18.2 Å². The van der Waals surface area contributed by atoms with Crippen molar-refractivity contribution in [2.24, 2.45) is 0 Å². The Bertz CT molecular complexity index is 289. The predicted octanol–water partition coefficient (Wildman–Crippen LogP) is 2.85. The van der Waals surface area contributed by atoms with E-state index in [-0.39, 0.29) is 9.52 Å². The number of benzene rings is 1. The highest BCUT2D eigenvalue weighted by Crippen LogP contribution is 2.07. The molecule has 0 saturated carbocycles. The molecule has 0 bridgehead atoms. The summed E-state index contributed by atoms with van der Waals surface area (Å²) in [5.41, 5.74) is 2.74. The molecule has 0 N–H and O–H groups in total. The zero-order valence-electron chi connectivity index (χ0n) is 10.0. The minimum Gasteiger partial charge on any atom is -0.127 e. The fourth-order valence-electron chi connectivity index (χ4n) is 1.97. The summed E-state index contributed by atoms with van der Waals surface area (Å²) in [6, 6.07) is 6.84. The van der Waals surface area contributed by atoms with Gasteiger partial charge in [0.05, 0.1) is 9.52 Å². The zero-order valence-corrected chi connectivity index (χ0v) is 12.2. The molecule has 0 spiro atoms. The lowest BCUT2D eigenvalue weighted by Crippen LogP contribution is -2.24. The van der Waals surface area contributed by atoms with Crippen LogP contribution in [0.1, 0.15) is 37.3 Å². The highest BCUT2D eigenvalue weighted by Gasteiger charge is 2.06. The van der Waals surface area contributed by atoms with E-state index in [1.807, 2.05) is 0 Å². The lowest BCUT2D eigenvalue weighted by atomic mass is 10.2. The third-order valence-electron chi connectivity index (χ3n) is 2.61. The van der Waals surface area contributed by atoms with Gasteiger partial charge in [-0.1, -0.05) is 54.3 Å². The number of halogens is 1. The molecule has 0 fully saturated rings. The number of aryl methyl sites for hydroxylation is 2. The van der Waals surface area contributed by atoms with Gasteiger partial charge < -0.3 is 0 Å². The van der Waals surface area contributed by atoms with Gasteiger partial charge in [0.2, 0.25) is 0 Å². The molecule has 0 saturated heterocycles. The molecule has 0 aliphatic rings. The van der Waals surface area contributed by atoms with Gasteiger partial charge in [0, 0.05) is 5.00 Å². The van der Waals surface area contributed by atoms with Gasteiger partial charge in [-0.25, -0.2) is 0 Å². The Labute approximate surface area is 101 Å². The summed E-state index contributed by atoms with van der Waals surface area (Å²) in [4.78, 5) is 0. The van der Waals surface area contributed by atoms with E-state index in [1.165, 1.54) is 35.6 Å². The third-order valence-corrected chi connectivity index (χ3v) is 5.02. The van der Waals surface area contributed by atoms with Gasteiger partial charge in [-0.15, -0.1) is 11.6 Å². The fraction of sp³-hybridized carbons (Fsp3) is 0.538. The Morgan fingerprint density at radius 1 is 1.20 bits per heavy atom. The molecule has 0 aliphatic carbocycles. The number of hydrogen-bond donors (Lipinski definition) is 0. The number of rotatable bonds is 5. The van der Waals surface area contributed by atoms with Crippen LogP contribution >= 0.6 is 11.6 Å². The summed E-state index contributed by atoms with van der Waals surface area (Å²) >= 11 is 6.36. The van der Waals surface area contributed by atoms with Crippen molar-refractivity contribution in [2.45, 2.75) is 45.0 Å². The van der Waals surface area contributed by atoms with Gasteiger partial charge in [0.1, 0.15) is 0 Å². The maximum atomic E-state index is 6.36. The average molecular weight is 241 g/mol. The summed E-state index contributed by atoms with van der Waals surface area (Å²) in [5.74, 6) is 0. The van der Waals surface area contributed by atoms with Crippen molar-refractivity contribution in [1.82, 2.24) is 0 Å². The van der Waals surface area contributed by atoms with Gasteiger partial charge in [-0.3, -0.25) is 0 Å². The van der Waals surface area contributed by atoms with Crippen LogP contribution in [0.4, 0.5) is 0 Å². The molecule has 0 radical (unpaired) electrons. The Hall–Kier alpha value is -0.273. The molecular formula is C13H21ClSi. The van der Waals surface area contributed by atoms with Crippen molar-refractivity contribution in [2.75, 3.05) is 0 Å². The van der Waals surface area contributed by atoms with E-state index in [0.29, 0.717) is 5.00 Å². The third kappa shape index (κ3) is 4.85. The standard InChI is InChI=1S/C13H21ClSi/c1-4-5-6-13(14)15-12-8-10(2)7-11(3)9-12/h7-9,13H,4-6,15H2,1-3H3. The van der Waals surface area contributed by atoms with E-state index in [9.17, 15) is 0 Å². The van der Waals surface area contributed by atoms with Crippen molar-refractivity contribution >= 4 is 26.3 Å². The van der Waals surface area contributed by atoms with E-state index < -0.39 is 0 Å². The van der Waals surface area contributed by atoms with Crippen molar-refractivity contribution in [3.63, 3.8) is 0 Å². The Kier molecular flexibility index (Phi) is 5.41. The normalized spacial score (nSPS) is 13.6. The molecule has 1 unspecified atom stereocenters. The highest BCUT2D eigenvalue weighted by atomic mass is 35.5. The molecule has 84 valence electrons. The van der Waals surface area contributed by atoms with E-state index in [0.717, 1.165) is 0 Å². The smallest absolute Gasteiger partial charge is 0.0753 e. The molecule has 0 amide bonds. The van der Waals surface area contributed by atoms with Gasteiger partial charge in [0.15, 0.2) is 0 Å². The molecule has 0 heterocycles. The summed E-state index contributed by atoms with van der Waals surface area (Å²) < 4.78 is 0. The summed E-state index contributed by atoms with van der Waals surface area (Å²) in [6.45, 7) is 6.56. The fourth-order valence-corrected chi connectivity index (χ4v) is 4.54. The molecule has 0 aromatic heterocycles. The van der Waals surface area contributed by atoms with Crippen molar-refractivity contribution in [3.8, 4) is 0 Å². The van der Waals surface area contributed by atoms with Crippen molar-refractivity contribution in [3.05, 3.63) is 29.3 Å². The molecular weight excluding hydrogens is 220 g/mol. The van der Waals surface area contributed by atoms with Gasteiger partial charge in [0.25, 0.3) is 0 Å². The van der Waals surface area contributed by atoms with Crippen LogP contribution < -0.4 is 5.19 Å². The van der Waals surface area contributed by atoms with E-state index in [2.05, 4.69) is 39.0 Å². The minimum atomic E-state index is -0.285. The Morgan fingerprint density at radius 3 is 2.33 bits per heavy atom. The first-order chi connectivity index (χ1) is 7.11. The van der Waals surface area contributed by atoms with Crippen LogP contribution in [0.3, 0.4) is 0 Å². The molecule has 1 rings (SSSR count). The van der Waals surface area contributed by atoms with Crippen LogP contribution in [0.25, 0.3) is 0 Å². The molecule has 1 atom stereocenters. The number of alkyl halides is 1. The second kappa shape index (κ2) is 6.34. The Morgan fingerprint density at radius 2 is 1.80 bits per heavy atom. The topological polar surface area (TPSA) is 0 Å². The molecule has 0 nitrogen and oxygen atoms in total. The van der Waals surface area contributed by atoms with E-state index in [1.54, 1.807) is 0 Å². The molecule has 1 aromatic carbocycles. The summed E-state index contributed by atoms with van der Waals surface area (Å²) in [7, 11) is -0.285. The predicted molar refractivity (Wildman–Crippen MR) is 73.3 cm³/mol. The second-order valence-corrected chi connectivity index (χ2v) is 7.78. The van der Waals surface area contributed by atoms with Gasteiger partial charge >= 0.3 is 0 Å². The van der Waals surface area contributed by atoms with Crippen molar-refractivity contribution < 1.29 is 0 Å². The van der Waals surface area contributed by atoms with Gasteiger partial charge in [-0.05, 0) is 20.3 Å². The Balaban J connectivity index is 2.56. The van der Waals surface area contributed by atoms with Crippen LogP contribution in [0.5, 0.6) is 0 Å². The quantitative estimate of drug-likeness (QED) is 0.549.